The van der Waals surface area contributed by atoms with Crippen LogP contribution in [0.2, 0.25) is 0 Å². The van der Waals surface area contributed by atoms with Gasteiger partial charge in [0.2, 0.25) is 0 Å². The minimum absolute atomic E-state index is 0.196. The van der Waals surface area contributed by atoms with E-state index in [1.807, 2.05) is 0 Å². The molecule has 6 N–H and O–H groups in total. The molecule has 14 heteroatoms. The van der Waals surface area contributed by atoms with Crippen molar-refractivity contribution < 1.29 is 68.8 Å². The Kier molecular flexibility index (Phi) is 61.3. The van der Waals surface area contributed by atoms with E-state index in [0.717, 1.165) is 128 Å². The molecule has 0 amide bonds. The van der Waals surface area contributed by atoms with Crippen LogP contribution in [0.4, 0.5) is 0 Å². The third-order valence-corrected chi connectivity index (χ3v) is 17.5. The summed E-state index contributed by atoms with van der Waals surface area (Å²) in [5.41, 5.74) is 0. The molecule has 0 saturated carbocycles. The molecule has 538 valence electrons. The first-order valence-electron chi connectivity index (χ1n) is 38.3. The minimum Gasteiger partial charge on any atom is -0.422 e. The van der Waals surface area contributed by atoms with E-state index >= 15 is 0 Å². The number of esters is 4. The van der Waals surface area contributed by atoms with Gasteiger partial charge in [0, 0.05) is 25.7 Å². The summed E-state index contributed by atoms with van der Waals surface area (Å²) in [6.45, 7) is 7.58. The summed E-state index contributed by atoms with van der Waals surface area (Å²) in [6.07, 6.45) is 62.3. The maximum Gasteiger partial charge on any atom is 0.451 e. The Labute approximate surface area is 562 Å². The van der Waals surface area contributed by atoms with Crippen molar-refractivity contribution in [1.82, 2.24) is 0 Å². The predicted octanol–water partition coefficient (Wildman–Crippen LogP) is 20.0. The van der Waals surface area contributed by atoms with Crippen molar-refractivity contribution in [3.63, 3.8) is 0 Å². The van der Waals surface area contributed by atoms with Gasteiger partial charge in [0.15, 0.2) is 6.10 Å². The van der Waals surface area contributed by atoms with Crippen LogP contribution >= 0.6 is 0 Å². The fourth-order valence-corrected chi connectivity index (χ4v) is 11.4. The standard InChI is InChI=1S/C78H142O14/c1-5-9-13-17-21-25-29-33-37-41-45-49-53-57-61-65-71(81)89-76(86,75(85)70(80)69-79)77(87,90-72(82)66-62-58-54-50-46-42-38-34-30-26-22-18-14-10-6-2)78(88,91-73(83)67-63-59-55-51-47-43-39-35-31-27-23-19-15-11-7-3)92-74(84)68-64-60-56-52-48-44-40-36-32-28-24-20-16-12-8-4/h33-40,70,75,79-80,85-88H,5-32,41-69H2,1-4H3/b37-33-,38-34-,39-35-,40-36-/t70-,75-,76-,77-/m1/s1. The van der Waals surface area contributed by atoms with Gasteiger partial charge in [-0.25, -0.2) is 0 Å². The van der Waals surface area contributed by atoms with E-state index in [1.165, 1.54) is 154 Å². The lowest BCUT2D eigenvalue weighted by molar-refractivity contribution is -0.513. The van der Waals surface area contributed by atoms with Crippen molar-refractivity contribution in [3.8, 4) is 0 Å². The van der Waals surface area contributed by atoms with Gasteiger partial charge in [-0.15, -0.1) is 0 Å². The van der Waals surface area contributed by atoms with Crippen LogP contribution in [0, 0.1) is 0 Å². The zero-order valence-corrected chi connectivity index (χ0v) is 59.5. The second-order valence-corrected chi connectivity index (χ2v) is 26.4. The van der Waals surface area contributed by atoms with E-state index in [4.69, 9.17) is 18.9 Å². The maximum atomic E-state index is 14.1. The number of carbonyl (C=O) groups excluding carboxylic acids is 4. The monoisotopic (exact) mass is 1300 g/mol. The van der Waals surface area contributed by atoms with E-state index in [2.05, 4.69) is 76.3 Å². The average Bonchev–Trinajstić information content (AvgIpc) is 0.727. The molecule has 0 aromatic heterocycles. The van der Waals surface area contributed by atoms with Gasteiger partial charge in [0.05, 0.1) is 6.61 Å². The first-order valence-corrected chi connectivity index (χ1v) is 38.3. The van der Waals surface area contributed by atoms with Crippen molar-refractivity contribution in [3.05, 3.63) is 48.6 Å². The van der Waals surface area contributed by atoms with Crippen molar-refractivity contribution in [2.45, 2.75) is 417 Å². The third-order valence-electron chi connectivity index (χ3n) is 17.5. The molecule has 0 aliphatic heterocycles. The molecule has 4 atom stereocenters. The van der Waals surface area contributed by atoms with Gasteiger partial charge in [-0.3, -0.25) is 19.2 Å². The summed E-state index contributed by atoms with van der Waals surface area (Å²) in [5, 5.41) is 70.8. The quantitative estimate of drug-likeness (QED) is 0.0110. The first kappa shape index (κ1) is 88.6. The Hall–Kier alpha value is -3.40. The molecule has 0 spiro atoms. The highest BCUT2D eigenvalue weighted by Gasteiger charge is 2.77. The number of aliphatic hydroxyl groups is 6. The number of carbonyl (C=O) groups is 4. The molecule has 0 heterocycles. The molecular formula is C78H142O14. The van der Waals surface area contributed by atoms with E-state index in [9.17, 15) is 49.8 Å². The molecule has 0 fully saturated rings. The zero-order chi connectivity index (χ0) is 67.8. The number of hydrogen-bond acceptors (Lipinski definition) is 14. The van der Waals surface area contributed by atoms with Crippen LogP contribution in [0.3, 0.4) is 0 Å². The molecular weight excluding hydrogens is 1160 g/mol. The van der Waals surface area contributed by atoms with Gasteiger partial charge in [-0.1, -0.05) is 282 Å². The molecule has 0 aromatic carbocycles. The Morgan fingerprint density at radius 3 is 0.717 bits per heavy atom. The fourth-order valence-electron chi connectivity index (χ4n) is 11.4. The molecule has 0 saturated heterocycles. The molecule has 0 unspecified atom stereocenters. The minimum atomic E-state index is -4.34. The summed E-state index contributed by atoms with van der Waals surface area (Å²) in [5.74, 6) is -17.7. The van der Waals surface area contributed by atoms with Gasteiger partial charge < -0.3 is 49.6 Å². The first-order chi connectivity index (χ1) is 44.7. The number of ether oxygens (including phenoxy) is 4. The Bertz CT molecular complexity index is 1780. The van der Waals surface area contributed by atoms with Gasteiger partial charge >= 0.3 is 41.4 Å². The largest absolute Gasteiger partial charge is 0.451 e. The lowest BCUT2D eigenvalue weighted by Gasteiger charge is -2.48. The number of unbranched alkanes of at least 4 members (excludes halogenated alkanes) is 44. The fraction of sp³-hybridized carbons (Fsp3) is 0.846. The van der Waals surface area contributed by atoms with Crippen LogP contribution in [0.25, 0.3) is 0 Å². The van der Waals surface area contributed by atoms with Crippen LogP contribution in [0.5, 0.6) is 0 Å². The molecule has 0 aliphatic rings. The lowest BCUT2D eigenvalue weighted by atomic mass is 9.92. The Morgan fingerprint density at radius 2 is 0.489 bits per heavy atom. The second-order valence-electron chi connectivity index (χ2n) is 26.4. The summed E-state index contributed by atoms with van der Waals surface area (Å²) >= 11 is 0. The number of rotatable bonds is 69. The van der Waals surface area contributed by atoms with Crippen LogP contribution in [0.15, 0.2) is 48.6 Å². The van der Waals surface area contributed by atoms with Gasteiger partial charge in [-0.2, -0.15) is 0 Å². The highest BCUT2D eigenvalue weighted by Crippen LogP contribution is 2.42. The lowest BCUT2D eigenvalue weighted by Crippen LogP contribution is -2.78. The molecule has 0 bridgehead atoms. The van der Waals surface area contributed by atoms with Crippen molar-refractivity contribution >= 4 is 23.9 Å². The summed E-state index contributed by atoms with van der Waals surface area (Å²) < 4.78 is 21.8. The number of allylic oxidation sites excluding steroid dienone is 8. The topological polar surface area (TPSA) is 227 Å². The van der Waals surface area contributed by atoms with E-state index in [-0.39, 0.29) is 38.5 Å². The molecule has 92 heavy (non-hydrogen) atoms. The predicted molar refractivity (Wildman–Crippen MR) is 376 cm³/mol. The second kappa shape index (κ2) is 63.6. The smallest absolute Gasteiger partial charge is 0.422 e. The van der Waals surface area contributed by atoms with Gasteiger partial charge in [0.25, 0.3) is 0 Å². The van der Waals surface area contributed by atoms with Crippen LogP contribution in [-0.2, 0) is 38.1 Å². The molecule has 0 aromatic rings. The van der Waals surface area contributed by atoms with Crippen molar-refractivity contribution in [1.29, 1.82) is 0 Å². The number of aliphatic hydroxyl groups excluding tert-OH is 3. The van der Waals surface area contributed by atoms with E-state index < -0.39 is 73.1 Å². The van der Waals surface area contributed by atoms with Crippen molar-refractivity contribution in [2.24, 2.45) is 0 Å². The Morgan fingerprint density at radius 1 is 0.293 bits per heavy atom. The van der Waals surface area contributed by atoms with Crippen LogP contribution in [-0.4, -0.2) is 90.9 Å². The third kappa shape index (κ3) is 48.3. The highest BCUT2D eigenvalue weighted by molar-refractivity contribution is 5.74. The normalized spacial score (nSPS) is 14.2. The number of hydrogen-bond donors (Lipinski definition) is 6. The molecule has 0 radical (unpaired) electrons. The van der Waals surface area contributed by atoms with E-state index in [0.29, 0.717) is 25.7 Å². The summed E-state index contributed by atoms with van der Waals surface area (Å²) in [6, 6.07) is 0. The summed E-state index contributed by atoms with van der Waals surface area (Å²) in [7, 11) is 0. The molecule has 0 rings (SSSR count). The van der Waals surface area contributed by atoms with Crippen LogP contribution in [0.1, 0.15) is 387 Å². The van der Waals surface area contributed by atoms with Gasteiger partial charge in [-0.05, 0) is 128 Å². The Balaban J connectivity index is 6.52. The average molecular weight is 1300 g/mol. The SMILES string of the molecule is CCCCCCCC/C=C\CCCCCCCC(=O)OC(O)(OC(=O)CCCCCCC/C=C\CCCCCCCC)[C@](O)(OC(=O)CCCCCCC/C=C\CCCCCCCC)[C@](O)(OC(=O)CCCCCCC/C=C\CCCCCCCC)[C@H](O)[C@H](O)CO. The van der Waals surface area contributed by atoms with Crippen molar-refractivity contribution in [2.75, 3.05) is 6.61 Å². The van der Waals surface area contributed by atoms with Gasteiger partial charge in [0.1, 0.15) is 6.10 Å². The van der Waals surface area contributed by atoms with Crippen LogP contribution < -0.4 is 0 Å². The highest BCUT2D eigenvalue weighted by atomic mass is 16.9. The van der Waals surface area contributed by atoms with E-state index in [1.54, 1.807) is 0 Å². The zero-order valence-electron chi connectivity index (χ0n) is 59.5. The maximum absolute atomic E-state index is 14.1. The summed E-state index contributed by atoms with van der Waals surface area (Å²) in [4.78, 5) is 55.8. The molecule has 0 aliphatic carbocycles. The molecule has 14 nitrogen and oxygen atoms in total.